The van der Waals surface area contributed by atoms with E-state index in [-0.39, 0.29) is 17.8 Å². The van der Waals surface area contributed by atoms with Gasteiger partial charge in [0.2, 0.25) is 0 Å². The Morgan fingerprint density at radius 1 is 1.20 bits per heavy atom. The summed E-state index contributed by atoms with van der Waals surface area (Å²) in [6.07, 6.45) is 0.639. The molecule has 3 amide bonds. The molecule has 160 valence electrons. The van der Waals surface area contributed by atoms with Gasteiger partial charge in [0.05, 0.1) is 5.69 Å². The molecule has 0 radical (unpaired) electrons. The summed E-state index contributed by atoms with van der Waals surface area (Å²) in [6, 6.07) is 7.57. The molecule has 3 N–H and O–H groups in total. The zero-order valence-corrected chi connectivity index (χ0v) is 17.2. The van der Waals surface area contributed by atoms with Gasteiger partial charge >= 0.3 is 12.1 Å². The van der Waals surface area contributed by atoms with Gasteiger partial charge in [-0.2, -0.15) is 0 Å². The third-order valence-electron chi connectivity index (χ3n) is 5.21. The Hall–Kier alpha value is -3.20. The van der Waals surface area contributed by atoms with E-state index in [0.29, 0.717) is 30.9 Å². The lowest BCUT2D eigenvalue weighted by Gasteiger charge is -2.43. The molecule has 2 heterocycles. The van der Waals surface area contributed by atoms with Crippen LogP contribution in [0.4, 0.5) is 25.4 Å². The number of amides is 3. The normalized spacial score (nSPS) is 19.4. The largest absolute Gasteiger partial charge is 0.465 e. The fourth-order valence-electron chi connectivity index (χ4n) is 3.73. The van der Waals surface area contributed by atoms with Crippen LogP contribution in [0.15, 0.2) is 36.5 Å². The Balaban J connectivity index is 1.69. The molecular formula is C21H26FN5O3. The third kappa shape index (κ3) is 5.04. The molecule has 2 atom stereocenters. The number of aromatic nitrogens is 1. The quantitative estimate of drug-likeness (QED) is 0.707. The summed E-state index contributed by atoms with van der Waals surface area (Å²) in [5.41, 5.74) is 1.85. The van der Waals surface area contributed by atoms with Crippen LogP contribution in [0.1, 0.15) is 25.1 Å². The fourth-order valence-corrected chi connectivity index (χ4v) is 3.73. The zero-order chi connectivity index (χ0) is 21.8. The lowest BCUT2D eigenvalue weighted by molar-refractivity contribution is 0.0344. The first kappa shape index (κ1) is 21.5. The van der Waals surface area contributed by atoms with E-state index >= 15 is 4.39 Å². The average Bonchev–Trinajstić information content (AvgIpc) is 2.67. The van der Waals surface area contributed by atoms with Crippen molar-refractivity contribution in [2.75, 3.05) is 23.7 Å². The maximum atomic E-state index is 15.1. The van der Waals surface area contributed by atoms with Gasteiger partial charge in [0.25, 0.3) is 0 Å². The molecule has 0 aliphatic carbocycles. The van der Waals surface area contributed by atoms with Crippen LogP contribution in [0.5, 0.6) is 0 Å². The molecule has 30 heavy (non-hydrogen) atoms. The number of piperazine rings is 1. The van der Waals surface area contributed by atoms with Crippen molar-refractivity contribution in [2.24, 2.45) is 0 Å². The number of carbonyl (C=O) groups excluding carboxylic acids is 1. The van der Waals surface area contributed by atoms with E-state index in [4.69, 9.17) is 0 Å². The predicted molar refractivity (Wildman–Crippen MR) is 112 cm³/mol. The van der Waals surface area contributed by atoms with Gasteiger partial charge in [0, 0.05) is 54.9 Å². The molecule has 0 spiro atoms. The number of urea groups is 1. The molecule has 1 saturated heterocycles. The summed E-state index contributed by atoms with van der Waals surface area (Å²) in [7, 11) is 0. The van der Waals surface area contributed by atoms with Crippen molar-refractivity contribution in [1.82, 2.24) is 14.8 Å². The van der Waals surface area contributed by atoms with Gasteiger partial charge in [-0.3, -0.25) is 9.88 Å². The van der Waals surface area contributed by atoms with Crippen molar-refractivity contribution in [2.45, 2.75) is 39.4 Å². The number of nitrogens with one attached hydrogen (secondary N) is 2. The van der Waals surface area contributed by atoms with Crippen LogP contribution in [0.2, 0.25) is 0 Å². The van der Waals surface area contributed by atoms with Crippen molar-refractivity contribution in [3.8, 4) is 0 Å². The van der Waals surface area contributed by atoms with Gasteiger partial charge in [0.1, 0.15) is 0 Å². The van der Waals surface area contributed by atoms with Gasteiger partial charge < -0.3 is 20.6 Å². The van der Waals surface area contributed by atoms with Crippen LogP contribution in [-0.4, -0.2) is 57.2 Å². The maximum Gasteiger partial charge on any atom is 0.407 e. The smallest absolute Gasteiger partial charge is 0.407 e. The highest BCUT2D eigenvalue weighted by Gasteiger charge is 2.32. The fraction of sp³-hybridized carbons (Fsp3) is 0.381. The van der Waals surface area contributed by atoms with E-state index in [9.17, 15) is 14.7 Å². The monoisotopic (exact) mass is 415 g/mol. The lowest BCUT2D eigenvalue weighted by atomic mass is 10.1. The minimum Gasteiger partial charge on any atom is -0.465 e. The van der Waals surface area contributed by atoms with Crippen LogP contribution >= 0.6 is 0 Å². The number of rotatable bonds is 4. The second-order valence-electron chi connectivity index (χ2n) is 7.60. The molecule has 1 aromatic carbocycles. The van der Waals surface area contributed by atoms with E-state index in [2.05, 4.69) is 20.5 Å². The lowest BCUT2D eigenvalue weighted by Crippen LogP contribution is -2.57. The zero-order valence-electron chi connectivity index (χ0n) is 17.2. The van der Waals surface area contributed by atoms with Gasteiger partial charge in [-0.1, -0.05) is 12.1 Å². The van der Waals surface area contributed by atoms with Gasteiger partial charge in [0.15, 0.2) is 5.82 Å². The highest BCUT2D eigenvalue weighted by molar-refractivity contribution is 5.99. The summed E-state index contributed by atoms with van der Waals surface area (Å²) in [5.74, 6) is -0.501. The first-order valence-electron chi connectivity index (χ1n) is 9.76. The topological polar surface area (TPSA) is 97.8 Å². The number of carboxylic acid groups (broad SMARTS) is 1. The molecule has 1 aromatic heterocycles. The summed E-state index contributed by atoms with van der Waals surface area (Å²) in [4.78, 5) is 31.0. The Bertz CT molecular complexity index is 927. The van der Waals surface area contributed by atoms with Gasteiger partial charge in [-0.15, -0.1) is 0 Å². The SMILES string of the molecule is Cc1cc(NC(=O)Nc2cccc(CN3[C@H](C)CN(C(=O)O)C[C@@H]3C)c2F)ccn1. The van der Waals surface area contributed by atoms with Crippen molar-refractivity contribution in [1.29, 1.82) is 0 Å². The Morgan fingerprint density at radius 3 is 2.53 bits per heavy atom. The Labute approximate surface area is 174 Å². The second-order valence-corrected chi connectivity index (χ2v) is 7.60. The number of carbonyl (C=O) groups is 2. The summed E-state index contributed by atoms with van der Waals surface area (Å²) in [5, 5.41) is 14.4. The standard InChI is InChI=1S/C21H26FN5O3/c1-13-9-17(7-8-23-13)24-20(28)25-18-6-4-5-16(19(18)22)12-27-14(2)10-26(21(29)30)11-15(27)3/h4-9,14-15H,10-12H2,1-3H3,(H,29,30)(H2,23,24,25,28)/t14-,15+. The van der Waals surface area contributed by atoms with Crippen molar-refractivity contribution < 1.29 is 19.1 Å². The summed E-state index contributed by atoms with van der Waals surface area (Å²) < 4.78 is 15.1. The second kappa shape index (κ2) is 9.08. The minimum atomic E-state index is -0.943. The van der Waals surface area contributed by atoms with Crippen LogP contribution < -0.4 is 10.6 Å². The van der Waals surface area contributed by atoms with Crippen LogP contribution in [0.25, 0.3) is 0 Å². The maximum absolute atomic E-state index is 15.1. The van der Waals surface area contributed by atoms with Gasteiger partial charge in [-0.25, -0.2) is 14.0 Å². The van der Waals surface area contributed by atoms with Crippen LogP contribution in [-0.2, 0) is 6.54 Å². The molecule has 2 aromatic rings. The first-order valence-corrected chi connectivity index (χ1v) is 9.76. The van der Waals surface area contributed by atoms with Crippen LogP contribution in [0.3, 0.4) is 0 Å². The molecule has 1 aliphatic heterocycles. The van der Waals surface area contributed by atoms with Crippen molar-refractivity contribution in [3.05, 3.63) is 53.6 Å². The molecule has 1 fully saturated rings. The van der Waals surface area contributed by atoms with E-state index < -0.39 is 17.9 Å². The number of nitrogens with zero attached hydrogens (tertiary/aromatic N) is 3. The first-order chi connectivity index (χ1) is 14.2. The Morgan fingerprint density at radius 2 is 1.90 bits per heavy atom. The number of anilines is 2. The number of pyridine rings is 1. The molecule has 8 nitrogen and oxygen atoms in total. The molecule has 9 heteroatoms. The van der Waals surface area contributed by atoms with Crippen molar-refractivity contribution in [3.63, 3.8) is 0 Å². The molecule has 0 unspecified atom stereocenters. The van der Waals surface area contributed by atoms with E-state index in [1.165, 1.54) is 11.0 Å². The number of halogens is 1. The molecule has 3 rings (SSSR count). The molecule has 0 bridgehead atoms. The average molecular weight is 415 g/mol. The number of hydrogen-bond donors (Lipinski definition) is 3. The molecule has 1 aliphatic rings. The number of aryl methyl sites for hydroxylation is 1. The summed E-state index contributed by atoms with van der Waals surface area (Å²) >= 11 is 0. The highest BCUT2D eigenvalue weighted by atomic mass is 19.1. The predicted octanol–water partition coefficient (Wildman–Crippen LogP) is 3.75. The minimum absolute atomic E-state index is 0.0564. The molecular weight excluding hydrogens is 389 g/mol. The van der Waals surface area contributed by atoms with E-state index in [0.717, 1.165) is 5.69 Å². The highest BCUT2D eigenvalue weighted by Crippen LogP contribution is 2.24. The molecule has 0 saturated carbocycles. The van der Waals surface area contributed by atoms with Gasteiger partial charge in [-0.05, 0) is 39.0 Å². The third-order valence-corrected chi connectivity index (χ3v) is 5.21. The van der Waals surface area contributed by atoms with Crippen molar-refractivity contribution >= 4 is 23.5 Å². The summed E-state index contributed by atoms with van der Waals surface area (Å²) in [6.45, 7) is 6.72. The number of hydrogen-bond acceptors (Lipinski definition) is 4. The Kier molecular flexibility index (Phi) is 6.51. The van der Waals surface area contributed by atoms with E-state index in [1.54, 1.807) is 30.5 Å². The van der Waals surface area contributed by atoms with E-state index in [1.807, 2.05) is 20.8 Å². The number of benzene rings is 1. The van der Waals surface area contributed by atoms with Crippen LogP contribution in [0, 0.1) is 12.7 Å².